The number of rotatable bonds is 4. The fourth-order valence-corrected chi connectivity index (χ4v) is 1.25. The highest BCUT2D eigenvalue weighted by atomic mass is 79.9. The Bertz CT molecular complexity index is 286. The second kappa shape index (κ2) is 5.72. The molecule has 0 atom stereocenters. The van der Waals surface area contributed by atoms with Crippen molar-refractivity contribution >= 4 is 21.7 Å². The van der Waals surface area contributed by atoms with Crippen LogP contribution in [0.1, 0.15) is 0 Å². The number of pyridine rings is 1. The van der Waals surface area contributed by atoms with E-state index in [0.29, 0.717) is 6.54 Å². The summed E-state index contributed by atoms with van der Waals surface area (Å²) in [5, 5.41) is 3.15. The van der Waals surface area contributed by atoms with Gasteiger partial charge in [0.25, 0.3) is 0 Å². The summed E-state index contributed by atoms with van der Waals surface area (Å²) in [5.74, 6) is 0.851. The van der Waals surface area contributed by atoms with Crippen LogP contribution < -0.4 is 11.1 Å². The van der Waals surface area contributed by atoms with E-state index < -0.39 is 0 Å². The van der Waals surface area contributed by atoms with Crippen LogP contribution in [0, 0.1) is 0 Å². The van der Waals surface area contributed by atoms with Crippen molar-refractivity contribution in [3.63, 3.8) is 0 Å². The average molecular weight is 242 g/mol. The highest BCUT2D eigenvalue weighted by Crippen LogP contribution is 2.17. The fraction of sp³-hybridized carbons (Fsp3) is 0.222. The zero-order valence-corrected chi connectivity index (χ0v) is 8.79. The minimum Gasteiger partial charge on any atom is -0.366 e. The summed E-state index contributed by atoms with van der Waals surface area (Å²) in [5.41, 5.74) is 5.30. The maximum Gasteiger partial charge on any atom is 0.140 e. The lowest BCUT2D eigenvalue weighted by Crippen LogP contribution is -2.02. The monoisotopic (exact) mass is 241 g/mol. The molecule has 0 aliphatic carbocycles. The first-order valence-corrected chi connectivity index (χ1v) is 4.83. The van der Waals surface area contributed by atoms with E-state index in [2.05, 4.69) is 26.2 Å². The van der Waals surface area contributed by atoms with Crippen molar-refractivity contribution in [3.8, 4) is 0 Å². The Kier molecular flexibility index (Phi) is 4.49. The van der Waals surface area contributed by atoms with Gasteiger partial charge < -0.3 is 11.1 Å². The van der Waals surface area contributed by atoms with Gasteiger partial charge in [-0.15, -0.1) is 0 Å². The molecule has 1 aromatic heterocycles. The van der Waals surface area contributed by atoms with Gasteiger partial charge in [-0.2, -0.15) is 0 Å². The van der Waals surface area contributed by atoms with E-state index in [9.17, 15) is 0 Å². The molecule has 3 nitrogen and oxygen atoms in total. The van der Waals surface area contributed by atoms with Crippen LogP contribution in [0.5, 0.6) is 0 Å². The number of aromatic nitrogens is 1. The lowest BCUT2D eigenvalue weighted by molar-refractivity contribution is 1.19. The molecule has 0 fully saturated rings. The first kappa shape index (κ1) is 10.2. The van der Waals surface area contributed by atoms with Crippen LogP contribution >= 0.6 is 15.9 Å². The summed E-state index contributed by atoms with van der Waals surface area (Å²) >= 11 is 3.39. The standard InChI is InChI=1S/C9H12BrN3/c10-8-4-3-7-13-9(8)12-6-2-1-5-11/h1-4,7H,5-6,11H2,(H,12,13)/b2-1+. The van der Waals surface area contributed by atoms with Crippen LogP contribution in [0.25, 0.3) is 0 Å². The number of nitrogens with zero attached hydrogens (tertiary/aromatic N) is 1. The number of nitrogens with two attached hydrogens (primary N) is 1. The van der Waals surface area contributed by atoms with Gasteiger partial charge in [0, 0.05) is 19.3 Å². The highest BCUT2D eigenvalue weighted by molar-refractivity contribution is 9.10. The molecular weight excluding hydrogens is 230 g/mol. The maximum atomic E-state index is 5.30. The number of hydrogen-bond acceptors (Lipinski definition) is 3. The SMILES string of the molecule is NC/C=C/CNc1ncccc1Br. The largest absolute Gasteiger partial charge is 0.366 e. The van der Waals surface area contributed by atoms with Gasteiger partial charge in [-0.25, -0.2) is 4.98 Å². The van der Waals surface area contributed by atoms with Gasteiger partial charge in [0.15, 0.2) is 0 Å². The third-order valence-corrected chi connectivity index (χ3v) is 2.09. The normalized spacial score (nSPS) is 10.6. The molecule has 3 N–H and O–H groups in total. The van der Waals surface area contributed by atoms with Crippen LogP contribution in [0.2, 0.25) is 0 Å². The minimum atomic E-state index is 0.574. The van der Waals surface area contributed by atoms with Crippen LogP contribution in [0.3, 0.4) is 0 Å². The van der Waals surface area contributed by atoms with E-state index in [-0.39, 0.29) is 0 Å². The molecule has 0 amide bonds. The molecule has 0 saturated heterocycles. The molecule has 0 spiro atoms. The Morgan fingerprint density at radius 1 is 1.54 bits per heavy atom. The first-order valence-electron chi connectivity index (χ1n) is 4.04. The minimum absolute atomic E-state index is 0.574. The topological polar surface area (TPSA) is 50.9 Å². The summed E-state index contributed by atoms with van der Waals surface area (Å²) in [6, 6.07) is 3.83. The quantitative estimate of drug-likeness (QED) is 0.791. The summed E-state index contributed by atoms with van der Waals surface area (Å²) < 4.78 is 0.969. The van der Waals surface area contributed by atoms with Gasteiger partial charge in [0.05, 0.1) is 4.47 Å². The Hall–Kier alpha value is -0.870. The molecule has 0 bridgehead atoms. The molecule has 0 radical (unpaired) electrons. The van der Waals surface area contributed by atoms with Gasteiger partial charge in [-0.05, 0) is 28.1 Å². The molecule has 0 unspecified atom stereocenters. The average Bonchev–Trinajstić information content (AvgIpc) is 2.15. The third kappa shape index (κ3) is 3.57. The van der Waals surface area contributed by atoms with Crippen molar-refractivity contribution in [1.29, 1.82) is 0 Å². The molecule has 0 saturated carbocycles. The number of hydrogen-bond donors (Lipinski definition) is 2. The van der Waals surface area contributed by atoms with Gasteiger partial charge in [0.1, 0.15) is 5.82 Å². The Balaban J connectivity index is 2.45. The van der Waals surface area contributed by atoms with Crippen molar-refractivity contribution in [2.45, 2.75) is 0 Å². The number of nitrogens with one attached hydrogen (secondary N) is 1. The lowest BCUT2D eigenvalue weighted by Gasteiger charge is -2.03. The van der Waals surface area contributed by atoms with E-state index in [0.717, 1.165) is 16.8 Å². The Morgan fingerprint density at radius 2 is 2.38 bits per heavy atom. The predicted octanol–water partition coefficient (Wildman–Crippen LogP) is 1.77. The Labute approximate surface area is 86.2 Å². The van der Waals surface area contributed by atoms with Crippen LogP contribution in [-0.4, -0.2) is 18.1 Å². The van der Waals surface area contributed by atoms with E-state index in [1.54, 1.807) is 6.20 Å². The molecule has 1 heterocycles. The van der Waals surface area contributed by atoms with Crippen LogP contribution in [0.4, 0.5) is 5.82 Å². The van der Waals surface area contributed by atoms with E-state index in [1.165, 1.54) is 0 Å². The van der Waals surface area contributed by atoms with Crippen LogP contribution in [0.15, 0.2) is 35.0 Å². The van der Waals surface area contributed by atoms with Crippen molar-refractivity contribution in [2.24, 2.45) is 5.73 Å². The summed E-state index contributed by atoms with van der Waals surface area (Å²) in [6.07, 6.45) is 5.63. The third-order valence-electron chi connectivity index (χ3n) is 1.45. The molecule has 4 heteroatoms. The van der Waals surface area contributed by atoms with Gasteiger partial charge in [-0.3, -0.25) is 0 Å². The lowest BCUT2D eigenvalue weighted by atomic mass is 10.4. The summed E-state index contributed by atoms with van der Waals surface area (Å²) in [6.45, 7) is 1.32. The molecule has 0 aliphatic heterocycles. The first-order chi connectivity index (χ1) is 6.34. The van der Waals surface area contributed by atoms with E-state index in [4.69, 9.17) is 5.73 Å². The highest BCUT2D eigenvalue weighted by Gasteiger charge is 1.95. The smallest absolute Gasteiger partial charge is 0.140 e. The number of halogens is 1. The number of anilines is 1. The maximum absolute atomic E-state index is 5.30. The summed E-state index contributed by atoms with van der Waals surface area (Å²) in [7, 11) is 0. The van der Waals surface area contributed by atoms with Gasteiger partial charge in [-0.1, -0.05) is 12.2 Å². The molecule has 70 valence electrons. The molecule has 1 aromatic rings. The van der Waals surface area contributed by atoms with Crippen molar-refractivity contribution < 1.29 is 0 Å². The van der Waals surface area contributed by atoms with E-state index in [1.807, 2.05) is 24.3 Å². The van der Waals surface area contributed by atoms with Crippen molar-refractivity contribution in [1.82, 2.24) is 4.98 Å². The summed E-state index contributed by atoms with van der Waals surface area (Å²) in [4.78, 5) is 4.15. The molecule has 1 rings (SSSR count). The second-order valence-corrected chi connectivity index (χ2v) is 3.28. The molecular formula is C9H12BrN3. The van der Waals surface area contributed by atoms with Gasteiger partial charge >= 0.3 is 0 Å². The molecule has 13 heavy (non-hydrogen) atoms. The van der Waals surface area contributed by atoms with Crippen LogP contribution in [-0.2, 0) is 0 Å². The van der Waals surface area contributed by atoms with Crippen molar-refractivity contribution in [3.05, 3.63) is 35.0 Å². The predicted molar refractivity (Wildman–Crippen MR) is 58.6 cm³/mol. The van der Waals surface area contributed by atoms with Gasteiger partial charge in [0.2, 0.25) is 0 Å². The molecule has 0 aromatic carbocycles. The second-order valence-electron chi connectivity index (χ2n) is 2.42. The fourth-order valence-electron chi connectivity index (χ4n) is 0.851. The molecule has 0 aliphatic rings. The zero-order valence-electron chi connectivity index (χ0n) is 7.20. The van der Waals surface area contributed by atoms with E-state index >= 15 is 0 Å². The zero-order chi connectivity index (χ0) is 9.52. The Morgan fingerprint density at radius 3 is 3.08 bits per heavy atom. The van der Waals surface area contributed by atoms with Crippen molar-refractivity contribution in [2.75, 3.05) is 18.4 Å².